The smallest absolute Gasteiger partial charge is 0.141 e. The van der Waals surface area contributed by atoms with Crippen LogP contribution in [0.3, 0.4) is 0 Å². The zero-order valence-corrected chi connectivity index (χ0v) is 12.4. The molecule has 0 amide bonds. The third kappa shape index (κ3) is 3.57. The molecule has 0 spiro atoms. The second kappa shape index (κ2) is 6.35. The Morgan fingerprint density at radius 2 is 1.85 bits per heavy atom. The predicted octanol–water partition coefficient (Wildman–Crippen LogP) is 3.59. The molecule has 0 fully saturated rings. The van der Waals surface area contributed by atoms with Gasteiger partial charge in [-0.1, -0.05) is 41.9 Å². The monoisotopic (exact) mass is 292 g/mol. The van der Waals surface area contributed by atoms with Crippen LogP contribution in [0, 0.1) is 5.82 Å². The van der Waals surface area contributed by atoms with Crippen molar-refractivity contribution in [3.05, 3.63) is 70.0 Å². The topological polar surface area (TPSA) is 29.3 Å². The molecule has 4 heteroatoms. The van der Waals surface area contributed by atoms with Crippen LogP contribution in [0.1, 0.15) is 22.7 Å². The van der Waals surface area contributed by atoms with Gasteiger partial charge in [0.2, 0.25) is 0 Å². The van der Waals surface area contributed by atoms with E-state index in [0.717, 1.165) is 17.7 Å². The lowest BCUT2D eigenvalue weighted by molar-refractivity contribution is 0.402. The van der Waals surface area contributed by atoms with Gasteiger partial charge in [-0.2, -0.15) is 0 Å². The maximum absolute atomic E-state index is 13.2. The third-order valence-corrected chi connectivity index (χ3v) is 3.40. The molecule has 1 atom stereocenters. The number of rotatable bonds is 4. The zero-order chi connectivity index (χ0) is 14.7. The van der Waals surface area contributed by atoms with Crippen LogP contribution in [-0.2, 0) is 6.54 Å². The van der Waals surface area contributed by atoms with Gasteiger partial charge >= 0.3 is 0 Å². The second-order valence-electron chi connectivity index (χ2n) is 5.13. The van der Waals surface area contributed by atoms with Crippen molar-refractivity contribution < 1.29 is 4.39 Å². The van der Waals surface area contributed by atoms with Gasteiger partial charge in [0.1, 0.15) is 5.82 Å². The Labute approximate surface area is 124 Å². The summed E-state index contributed by atoms with van der Waals surface area (Å²) in [5, 5.41) is 0.0994. The molecule has 2 N–H and O–H groups in total. The molecule has 0 radical (unpaired) electrons. The SMILES string of the molecule is CN(C)Cc1cccc(C(N)c2ccc(F)c(Cl)c2)c1. The first-order chi connectivity index (χ1) is 9.47. The molecule has 0 aromatic heterocycles. The molecule has 0 heterocycles. The lowest BCUT2D eigenvalue weighted by Crippen LogP contribution is -2.14. The summed E-state index contributed by atoms with van der Waals surface area (Å²) < 4.78 is 13.2. The summed E-state index contributed by atoms with van der Waals surface area (Å²) in [6.07, 6.45) is 0. The minimum atomic E-state index is -0.427. The van der Waals surface area contributed by atoms with Crippen LogP contribution in [0.4, 0.5) is 4.39 Å². The first-order valence-corrected chi connectivity index (χ1v) is 6.79. The van der Waals surface area contributed by atoms with Gasteiger partial charge < -0.3 is 10.6 Å². The van der Waals surface area contributed by atoms with Gasteiger partial charge in [-0.25, -0.2) is 4.39 Å². The summed E-state index contributed by atoms with van der Waals surface area (Å²) in [6, 6.07) is 12.4. The van der Waals surface area contributed by atoms with E-state index >= 15 is 0 Å². The lowest BCUT2D eigenvalue weighted by atomic mass is 9.98. The highest BCUT2D eigenvalue weighted by Crippen LogP contribution is 2.24. The van der Waals surface area contributed by atoms with Gasteiger partial charge in [0.15, 0.2) is 0 Å². The summed E-state index contributed by atoms with van der Waals surface area (Å²) >= 11 is 5.81. The molecule has 2 aromatic rings. The summed E-state index contributed by atoms with van der Waals surface area (Å²) in [7, 11) is 4.04. The van der Waals surface area contributed by atoms with E-state index in [1.54, 1.807) is 12.1 Å². The molecule has 0 bridgehead atoms. The Kier molecular flexibility index (Phi) is 4.76. The van der Waals surface area contributed by atoms with E-state index in [2.05, 4.69) is 17.0 Å². The van der Waals surface area contributed by atoms with Crippen molar-refractivity contribution in [1.29, 1.82) is 0 Å². The molecule has 0 aliphatic heterocycles. The summed E-state index contributed by atoms with van der Waals surface area (Å²) in [4.78, 5) is 2.10. The van der Waals surface area contributed by atoms with E-state index in [0.29, 0.717) is 0 Å². The quantitative estimate of drug-likeness (QED) is 0.933. The van der Waals surface area contributed by atoms with Gasteiger partial charge in [0.25, 0.3) is 0 Å². The zero-order valence-electron chi connectivity index (χ0n) is 11.6. The Balaban J connectivity index is 2.28. The van der Waals surface area contributed by atoms with E-state index in [-0.39, 0.29) is 11.1 Å². The molecule has 2 nitrogen and oxygen atoms in total. The van der Waals surface area contributed by atoms with Crippen molar-refractivity contribution in [2.45, 2.75) is 12.6 Å². The number of hydrogen-bond donors (Lipinski definition) is 1. The van der Waals surface area contributed by atoms with E-state index in [1.807, 2.05) is 26.2 Å². The Morgan fingerprint density at radius 1 is 1.15 bits per heavy atom. The first-order valence-electron chi connectivity index (χ1n) is 6.41. The van der Waals surface area contributed by atoms with Crippen molar-refractivity contribution >= 4 is 11.6 Å². The largest absolute Gasteiger partial charge is 0.320 e. The number of hydrogen-bond acceptors (Lipinski definition) is 2. The molecule has 106 valence electrons. The van der Waals surface area contributed by atoms with Crippen molar-refractivity contribution in [2.75, 3.05) is 14.1 Å². The van der Waals surface area contributed by atoms with Crippen molar-refractivity contribution in [3.8, 4) is 0 Å². The minimum Gasteiger partial charge on any atom is -0.320 e. The first kappa shape index (κ1) is 15.0. The summed E-state index contributed by atoms with van der Waals surface area (Å²) in [6.45, 7) is 0.852. The van der Waals surface area contributed by atoms with E-state index < -0.39 is 5.82 Å². The molecule has 1 unspecified atom stereocenters. The van der Waals surface area contributed by atoms with E-state index in [1.165, 1.54) is 11.6 Å². The van der Waals surface area contributed by atoms with Gasteiger partial charge in [-0.05, 0) is 42.9 Å². The Morgan fingerprint density at radius 3 is 2.50 bits per heavy atom. The van der Waals surface area contributed by atoms with Crippen molar-refractivity contribution in [3.63, 3.8) is 0 Å². The van der Waals surface area contributed by atoms with Gasteiger partial charge in [0, 0.05) is 6.54 Å². The molecular weight excluding hydrogens is 275 g/mol. The summed E-state index contributed by atoms with van der Waals surface area (Å²) in [5.41, 5.74) is 9.23. The third-order valence-electron chi connectivity index (χ3n) is 3.11. The van der Waals surface area contributed by atoms with Crippen LogP contribution in [-0.4, -0.2) is 19.0 Å². The van der Waals surface area contributed by atoms with Gasteiger partial charge in [-0.3, -0.25) is 0 Å². The molecule has 2 aromatic carbocycles. The number of benzene rings is 2. The van der Waals surface area contributed by atoms with Gasteiger partial charge in [0.05, 0.1) is 11.1 Å². The van der Waals surface area contributed by atoms with Crippen LogP contribution >= 0.6 is 11.6 Å². The number of nitrogens with zero attached hydrogens (tertiary/aromatic N) is 1. The normalized spacial score (nSPS) is 12.7. The molecule has 20 heavy (non-hydrogen) atoms. The molecule has 0 saturated carbocycles. The second-order valence-corrected chi connectivity index (χ2v) is 5.54. The number of halogens is 2. The van der Waals surface area contributed by atoms with Crippen LogP contribution in [0.15, 0.2) is 42.5 Å². The fraction of sp³-hybridized carbons (Fsp3) is 0.250. The average molecular weight is 293 g/mol. The van der Waals surface area contributed by atoms with Crippen molar-refractivity contribution in [2.24, 2.45) is 5.73 Å². The highest BCUT2D eigenvalue weighted by atomic mass is 35.5. The van der Waals surface area contributed by atoms with Crippen LogP contribution < -0.4 is 5.73 Å². The molecule has 2 rings (SSSR count). The highest BCUT2D eigenvalue weighted by Gasteiger charge is 2.11. The molecular formula is C16H18ClFN2. The van der Waals surface area contributed by atoms with Crippen LogP contribution in [0.25, 0.3) is 0 Å². The average Bonchev–Trinajstić information content (AvgIpc) is 2.40. The van der Waals surface area contributed by atoms with Crippen molar-refractivity contribution in [1.82, 2.24) is 4.90 Å². The molecule has 0 saturated heterocycles. The molecule has 0 aliphatic carbocycles. The number of nitrogens with two attached hydrogens (primary N) is 1. The van der Waals surface area contributed by atoms with Gasteiger partial charge in [-0.15, -0.1) is 0 Å². The summed E-state index contributed by atoms with van der Waals surface area (Å²) in [5.74, 6) is -0.427. The lowest BCUT2D eigenvalue weighted by Gasteiger charge is -2.16. The van der Waals surface area contributed by atoms with Crippen LogP contribution in [0.5, 0.6) is 0 Å². The highest BCUT2D eigenvalue weighted by molar-refractivity contribution is 6.30. The predicted molar refractivity (Wildman–Crippen MR) is 81.3 cm³/mol. The Bertz CT molecular complexity index is 599. The fourth-order valence-corrected chi connectivity index (χ4v) is 2.34. The maximum atomic E-state index is 13.2. The van der Waals surface area contributed by atoms with Crippen LogP contribution in [0.2, 0.25) is 5.02 Å². The molecule has 0 aliphatic rings. The minimum absolute atomic E-state index is 0.0994. The fourth-order valence-electron chi connectivity index (χ4n) is 2.15. The maximum Gasteiger partial charge on any atom is 0.141 e. The standard InChI is InChI=1S/C16H18ClFN2/c1-20(2)10-11-4-3-5-12(8-11)16(19)13-6-7-15(18)14(17)9-13/h3-9,16H,10,19H2,1-2H3. The van der Waals surface area contributed by atoms with E-state index in [9.17, 15) is 4.39 Å². The Hall–Kier alpha value is -1.42. The van der Waals surface area contributed by atoms with E-state index in [4.69, 9.17) is 17.3 Å².